The van der Waals surface area contributed by atoms with Crippen molar-refractivity contribution in [2.45, 2.75) is 45.6 Å². The Morgan fingerprint density at radius 1 is 0.893 bits per heavy atom. The fourth-order valence-electron chi connectivity index (χ4n) is 4.05. The maximum absolute atomic E-state index is 12.7. The minimum atomic E-state index is -0.502. The van der Waals surface area contributed by atoms with Crippen LogP contribution >= 0.6 is 0 Å². The van der Waals surface area contributed by atoms with Gasteiger partial charge in [0.2, 0.25) is 5.91 Å². The Hall–Kier alpha value is -2.62. The van der Waals surface area contributed by atoms with Crippen molar-refractivity contribution in [2.24, 2.45) is 5.41 Å². The number of nitrogens with one attached hydrogen (secondary N) is 1. The molecule has 0 aromatic heterocycles. The minimum Gasteiger partial charge on any atom is -0.341 e. The maximum Gasteiger partial charge on any atom is 0.251 e. The van der Waals surface area contributed by atoms with Crippen molar-refractivity contribution in [3.63, 3.8) is 0 Å². The van der Waals surface area contributed by atoms with E-state index in [-0.39, 0.29) is 11.8 Å². The van der Waals surface area contributed by atoms with E-state index in [9.17, 15) is 9.59 Å². The topological polar surface area (TPSA) is 49.4 Å². The monoisotopic (exact) mass is 376 g/mol. The van der Waals surface area contributed by atoms with Crippen molar-refractivity contribution in [3.8, 4) is 11.1 Å². The summed E-state index contributed by atoms with van der Waals surface area (Å²) in [6, 6.07) is 15.4. The predicted octanol–water partition coefficient (Wildman–Crippen LogP) is 4.18. The van der Waals surface area contributed by atoms with Crippen LogP contribution in [0, 0.1) is 12.3 Å². The van der Waals surface area contributed by atoms with Crippen molar-refractivity contribution >= 4 is 11.8 Å². The molecule has 0 bridgehead atoms. The van der Waals surface area contributed by atoms with Crippen LogP contribution in [0.25, 0.3) is 11.1 Å². The number of aryl methyl sites for hydroxylation is 1. The second-order valence-corrected chi connectivity index (χ2v) is 8.46. The van der Waals surface area contributed by atoms with Crippen LogP contribution in [0.5, 0.6) is 0 Å². The molecule has 2 aromatic rings. The van der Waals surface area contributed by atoms with E-state index >= 15 is 0 Å². The molecule has 28 heavy (non-hydrogen) atoms. The molecule has 2 aliphatic rings. The van der Waals surface area contributed by atoms with Gasteiger partial charge < -0.3 is 10.2 Å². The molecule has 1 spiro atoms. The molecule has 2 fully saturated rings. The highest BCUT2D eigenvalue weighted by Crippen LogP contribution is 2.53. The van der Waals surface area contributed by atoms with Gasteiger partial charge >= 0.3 is 0 Å². The Morgan fingerprint density at radius 2 is 1.43 bits per heavy atom. The predicted molar refractivity (Wildman–Crippen MR) is 111 cm³/mol. The summed E-state index contributed by atoms with van der Waals surface area (Å²) in [4.78, 5) is 27.2. The van der Waals surface area contributed by atoms with Gasteiger partial charge in [0.15, 0.2) is 0 Å². The summed E-state index contributed by atoms with van der Waals surface area (Å²) in [5.41, 5.74) is 4.54. The number of amides is 2. The number of carbonyl (C=O) groups excluding carboxylic acids is 2. The normalized spacial score (nSPS) is 18.6. The van der Waals surface area contributed by atoms with Gasteiger partial charge in [-0.05, 0) is 68.2 Å². The van der Waals surface area contributed by atoms with Gasteiger partial charge in [0, 0.05) is 18.7 Å². The van der Waals surface area contributed by atoms with E-state index in [0.29, 0.717) is 11.0 Å². The zero-order valence-corrected chi connectivity index (χ0v) is 16.7. The molecule has 1 aliphatic carbocycles. The first-order chi connectivity index (χ1) is 13.5. The van der Waals surface area contributed by atoms with Crippen LogP contribution in [0.4, 0.5) is 0 Å². The summed E-state index contributed by atoms with van der Waals surface area (Å²) < 4.78 is 0. The maximum atomic E-state index is 12.7. The molecule has 4 rings (SSSR count). The largest absolute Gasteiger partial charge is 0.341 e. The molecule has 1 atom stereocenters. The standard InChI is InChI=1S/C24H28N2O2/c1-17-3-5-19(6-4-17)20-7-9-21(10-8-20)22(27)25-18(2)23(28)26-15-13-24(11-12-24)14-16-26/h3-10,18H,11-16H2,1-2H3,(H,25,27)/t18-/m0/s1. The zero-order chi connectivity index (χ0) is 19.7. The van der Waals surface area contributed by atoms with Gasteiger partial charge in [0.25, 0.3) is 5.91 Å². The SMILES string of the molecule is Cc1ccc(-c2ccc(C(=O)N[C@@H](C)C(=O)N3CCC4(CC3)CC4)cc2)cc1. The average molecular weight is 377 g/mol. The number of rotatable bonds is 4. The highest BCUT2D eigenvalue weighted by molar-refractivity contribution is 5.97. The van der Waals surface area contributed by atoms with E-state index < -0.39 is 6.04 Å². The van der Waals surface area contributed by atoms with Crippen molar-refractivity contribution < 1.29 is 9.59 Å². The first-order valence-electron chi connectivity index (χ1n) is 10.2. The van der Waals surface area contributed by atoms with Crippen molar-refractivity contribution in [2.75, 3.05) is 13.1 Å². The summed E-state index contributed by atoms with van der Waals surface area (Å²) >= 11 is 0. The third kappa shape index (κ3) is 3.96. The van der Waals surface area contributed by atoms with E-state index in [1.807, 2.05) is 29.2 Å². The lowest BCUT2D eigenvalue weighted by Crippen LogP contribution is -2.49. The first-order valence-corrected chi connectivity index (χ1v) is 10.2. The number of nitrogens with zero attached hydrogens (tertiary/aromatic N) is 1. The van der Waals surface area contributed by atoms with E-state index in [2.05, 4.69) is 36.5 Å². The number of carbonyl (C=O) groups is 2. The van der Waals surface area contributed by atoms with E-state index in [1.54, 1.807) is 6.92 Å². The van der Waals surface area contributed by atoms with Crippen LogP contribution in [0.1, 0.15) is 48.5 Å². The molecular formula is C24H28N2O2. The average Bonchev–Trinajstić information content (AvgIpc) is 3.47. The molecule has 1 saturated carbocycles. The number of hydrogen-bond acceptors (Lipinski definition) is 2. The molecule has 4 nitrogen and oxygen atoms in total. The summed E-state index contributed by atoms with van der Waals surface area (Å²) in [5, 5.41) is 2.87. The Labute approximate surface area is 166 Å². The lowest BCUT2D eigenvalue weighted by molar-refractivity contribution is -0.134. The third-order valence-corrected chi connectivity index (χ3v) is 6.34. The highest BCUT2D eigenvalue weighted by Gasteiger charge is 2.45. The molecule has 1 aliphatic heterocycles. The van der Waals surface area contributed by atoms with Crippen LogP contribution in [0.3, 0.4) is 0 Å². The number of benzene rings is 2. The number of piperidine rings is 1. The van der Waals surface area contributed by atoms with Crippen molar-refractivity contribution in [3.05, 3.63) is 59.7 Å². The molecule has 2 aromatic carbocycles. The van der Waals surface area contributed by atoms with Gasteiger partial charge in [-0.1, -0.05) is 42.0 Å². The van der Waals surface area contributed by atoms with E-state index in [1.165, 1.54) is 18.4 Å². The van der Waals surface area contributed by atoms with Crippen LogP contribution < -0.4 is 5.32 Å². The van der Waals surface area contributed by atoms with Crippen molar-refractivity contribution in [1.29, 1.82) is 0 Å². The molecule has 1 saturated heterocycles. The summed E-state index contributed by atoms with van der Waals surface area (Å²) in [7, 11) is 0. The van der Waals surface area contributed by atoms with Gasteiger partial charge in [0.05, 0.1) is 0 Å². The Balaban J connectivity index is 1.34. The highest BCUT2D eigenvalue weighted by atomic mass is 16.2. The van der Waals surface area contributed by atoms with Crippen molar-refractivity contribution in [1.82, 2.24) is 10.2 Å². The van der Waals surface area contributed by atoms with Gasteiger partial charge in [-0.3, -0.25) is 9.59 Å². The van der Waals surface area contributed by atoms with Crippen LogP contribution in [0.15, 0.2) is 48.5 Å². The second-order valence-electron chi connectivity index (χ2n) is 8.46. The smallest absolute Gasteiger partial charge is 0.251 e. The number of hydrogen-bond donors (Lipinski definition) is 1. The fraction of sp³-hybridized carbons (Fsp3) is 0.417. The lowest BCUT2D eigenvalue weighted by Gasteiger charge is -2.33. The van der Waals surface area contributed by atoms with E-state index in [0.717, 1.165) is 37.1 Å². The summed E-state index contributed by atoms with van der Waals surface area (Å²) in [6.45, 7) is 5.49. The third-order valence-electron chi connectivity index (χ3n) is 6.34. The van der Waals surface area contributed by atoms with Crippen LogP contribution in [-0.2, 0) is 4.79 Å². The molecule has 0 radical (unpaired) electrons. The Kier molecular flexibility index (Phi) is 4.96. The van der Waals surface area contributed by atoms with Gasteiger partial charge in [-0.2, -0.15) is 0 Å². The molecule has 1 N–H and O–H groups in total. The fourth-order valence-corrected chi connectivity index (χ4v) is 4.05. The molecule has 2 amide bonds. The lowest BCUT2D eigenvalue weighted by atomic mass is 9.93. The number of likely N-dealkylation sites (tertiary alicyclic amines) is 1. The van der Waals surface area contributed by atoms with Crippen LogP contribution in [-0.4, -0.2) is 35.8 Å². The van der Waals surface area contributed by atoms with Gasteiger partial charge in [0.1, 0.15) is 6.04 Å². The van der Waals surface area contributed by atoms with Gasteiger partial charge in [-0.15, -0.1) is 0 Å². The Morgan fingerprint density at radius 3 is 1.96 bits per heavy atom. The summed E-state index contributed by atoms with van der Waals surface area (Å²) in [5.74, 6) is -0.174. The van der Waals surface area contributed by atoms with Crippen LogP contribution in [0.2, 0.25) is 0 Å². The molecule has 1 heterocycles. The molecule has 4 heteroatoms. The van der Waals surface area contributed by atoms with E-state index in [4.69, 9.17) is 0 Å². The quantitative estimate of drug-likeness (QED) is 0.870. The minimum absolute atomic E-state index is 0.0279. The molecular weight excluding hydrogens is 348 g/mol. The molecule has 0 unspecified atom stereocenters. The second kappa shape index (κ2) is 7.42. The van der Waals surface area contributed by atoms with Gasteiger partial charge in [-0.25, -0.2) is 0 Å². The molecule has 146 valence electrons. The summed E-state index contributed by atoms with van der Waals surface area (Å²) in [6.07, 6.45) is 4.86. The zero-order valence-electron chi connectivity index (χ0n) is 16.7. The Bertz CT molecular complexity index is 856. The first kappa shape index (κ1) is 18.7.